The normalized spacial score (nSPS) is 19.0. The van der Waals surface area contributed by atoms with Crippen molar-refractivity contribution >= 4 is 11.8 Å². The largest absolute Gasteiger partial charge is 0.336 e. The van der Waals surface area contributed by atoms with Crippen LogP contribution in [0, 0.1) is 0 Å². The smallest absolute Gasteiger partial charge is 0.265 e. The molecule has 1 fully saturated rings. The highest BCUT2D eigenvalue weighted by molar-refractivity contribution is 5.94. The van der Waals surface area contributed by atoms with Crippen molar-refractivity contribution in [2.24, 2.45) is 0 Å². The summed E-state index contributed by atoms with van der Waals surface area (Å²) in [6.45, 7) is 2.30. The molecule has 1 aliphatic heterocycles. The summed E-state index contributed by atoms with van der Waals surface area (Å²) in [5.74, 6) is -0.383. The first kappa shape index (κ1) is 16.4. The Labute approximate surface area is 141 Å². The molecule has 0 bridgehead atoms. The molecule has 24 heavy (non-hydrogen) atoms. The maximum atomic E-state index is 12.4. The quantitative estimate of drug-likeness (QED) is 0.645. The van der Waals surface area contributed by atoms with Crippen molar-refractivity contribution in [2.75, 3.05) is 26.2 Å². The molecule has 0 aromatic heterocycles. The number of hydroxylamine groups is 1. The minimum atomic E-state index is -0.555. The number of benzene rings is 1. The molecule has 2 amide bonds. The number of hydrogen-bond donors (Lipinski definition) is 2. The molecule has 1 aromatic rings. The van der Waals surface area contributed by atoms with Crippen LogP contribution in [0.15, 0.2) is 54.1 Å². The monoisotopic (exact) mass is 327 g/mol. The number of amides is 2. The molecule has 1 aliphatic carbocycles. The van der Waals surface area contributed by atoms with Gasteiger partial charge < -0.3 is 4.90 Å². The maximum Gasteiger partial charge on any atom is 0.265 e. The first-order valence-electron chi connectivity index (χ1n) is 8.08. The zero-order chi connectivity index (χ0) is 16.9. The van der Waals surface area contributed by atoms with Crippen molar-refractivity contribution in [3.8, 4) is 0 Å². The molecule has 126 valence electrons. The summed E-state index contributed by atoms with van der Waals surface area (Å²) in [5, 5.41) is 9.08. The highest BCUT2D eigenvalue weighted by Crippen LogP contribution is 2.23. The Hall–Kier alpha value is -2.44. The molecule has 0 saturated carbocycles. The van der Waals surface area contributed by atoms with E-state index in [-0.39, 0.29) is 5.91 Å². The SMILES string of the molecule is O=C(NO)C(c1ccccc1)N1CCN(C(=O)C2=CC=CC2)CC1. The zero-order valence-electron chi connectivity index (χ0n) is 13.4. The van der Waals surface area contributed by atoms with E-state index in [0.29, 0.717) is 32.6 Å². The van der Waals surface area contributed by atoms with Gasteiger partial charge in [-0.25, -0.2) is 5.48 Å². The maximum absolute atomic E-state index is 12.4. The molecule has 3 rings (SSSR count). The lowest BCUT2D eigenvalue weighted by Gasteiger charge is -2.38. The Bertz CT molecular complexity index is 661. The second-order valence-electron chi connectivity index (χ2n) is 5.94. The summed E-state index contributed by atoms with van der Waals surface area (Å²) in [7, 11) is 0. The van der Waals surface area contributed by atoms with Gasteiger partial charge in [-0.1, -0.05) is 48.6 Å². The van der Waals surface area contributed by atoms with E-state index in [9.17, 15) is 9.59 Å². The van der Waals surface area contributed by atoms with E-state index in [2.05, 4.69) is 0 Å². The number of piperazine rings is 1. The minimum Gasteiger partial charge on any atom is -0.336 e. The molecule has 1 saturated heterocycles. The summed E-state index contributed by atoms with van der Waals surface area (Å²) in [6, 6.07) is 8.80. The van der Waals surface area contributed by atoms with Gasteiger partial charge in [-0.2, -0.15) is 0 Å². The molecular formula is C18H21N3O3. The summed E-state index contributed by atoms with van der Waals surface area (Å²) in [6.07, 6.45) is 6.43. The molecule has 1 heterocycles. The predicted molar refractivity (Wildman–Crippen MR) is 89.1 cm³/mol. The van der Waals surface area contributed by atoms with Crippen LogP contribution < -0.4 is 5.48 Å². The van der Waals surface area contributed by atoms with E-state index in [4.69, 9.17) is 5.21 Å². The van der Waals surface area contributed by atoms with Gasteiger partial charge in [-0.05, 0) is 12.0 Å². The molecule has 0 radical (unpaired) electrons. The highest BCUT2D eigenvalue weighted by atomic mass is 16.5. The van der Waals surface area contributed by atoms with Gasteiger partial charge in [0.1, 0.15) is 6.04 Å². The molecule has 6 heteroatoms. The minimum absolute atomic E-state index is 0.0718. The lowest BCUT2D eigenvalue weighted by molar-refractivity contribution is -0.137. The summed E-state index contributed by atoms with van der Waals surface area (Å²) < 4.78 is 0. The van der Waals surface area contributed by atoms with Gasteiger partial charge >= 0.3 is 0 Å². The molecular weight excluding hydrogens is 306 g/mol. The molecule has 2 aliphatic rings. The van der Waals surface area contributed by atoms with E-state index in [1.807, 2.05) is 58.4 Å². The van der Waals surface area contributed by atoms with Crippen molar-refractivity contribution in [1.29, 1.82) is 0 Å². The van der Waals surface area contributed by atoms with Crippen LogP contribution in [0.5, 0.6) is 0 Å². The van der Waals surface area contributed by atoms with Gasteiger partial charge in [-0.15, -0.1) is 0 Å². The fraction of sp³-hybridized carbons (Fsp3) is 0.333. The van der Waals surface area contributed by atoms with Crippen LogP contribution in [-0.2, 0) is 9.59 Å². The van der Waals surface area contributed by atoms with Crippen molar-refractivity contribution in [1.82, 2.24) is 15.3 Å². The van der Waals surface area contributed by atoms with Gasteiger partial charge in [-0.3, -0.25) is 19.7 Å². The van der Waals surface area contributed by atoms with E-state index >= 15 is 0 Å². The van der Waals surface area contributed by atoms with Crippen LogP contribution in [0.3, 0.4) is 0 Å². The van der Waals surface area contributed by atoms with Crippen molar-refractivity contribution < 1.29 is 14.8 Å². The van der Waals surface area contributed by atoms with E-state index in [1.165, 1.54) is 0 Å². The van der Waals surface area contributed by atoms with Crippen LogP contribution >= 0.6 is 0 Å². The molecule has 0 spiro atoms. The lowest BCUT2D eigenvalue weighted by atomic mass is 10.0. The van der Waals surface area contributed by atoms with Gasteiger partial charge in [0.05, 0.1) is 0 Å². The van der Waals surface area contributed by atoms with Crippen molar-refractivity contribution in [3.05, 3.63) is 59.7 Å². The van der Waals surface area contributed by atoms with Crippen molar-refractivity contribution in [2.45, 2.75) is 12.5 Å². The Morgan fingerprint density at radius 2 is 1.79 bits per heavy atom. The fourth-order valence-corrected chi connectivity index (χ4v) is 3.22. The Morgan fingerprint density at radius 1 is 1.08 bits per heavy atom. The molecule has 1 atom stereocenters. The first-order chi connectivity index (χ1) is 11.7. The second kappa shape index (κ2) is 7.42. The fourth-order valence-electron chi connectivity index (χ4n) is 3.22. The number of nitrogens with zero attached hydrogens (tertiary/aromatic N) is 2. The number of rotatable bonds is 4. The van der Waals surface area contributed by atoms with Crippen LogP contribution in [0.1, 0.15) is 18.0 Å². The second-order valence-corrected chi connectivity index (χ2v) is 5.94. The summed E-state index contributed by atoms with van der Waals surface area (Å²) in [5.41, 5.74) is 3.40. The summed E-state index contributed by atoms with van der Waals surface area (Å²) >= 11 is 0. The van der Waals surface area contributed by atoms with Crippen LogP contribution in [-0.4, -0.2) is 53.0 Å². The van der Waals surface area contributed by atoms with Gasteiger partial charge in [0, 0.05) is 31.8 Å². The van der Waals surface area contributed by atoms with Crippen molar-refractivity contribution in [3.63, 3.8) is 0 Å². The third kappa shape index (κ3) is 3.39. The highest BCUT2D eigenvalue weighted by Gasteiger charge is 2.32. The average molecular weight is 327 g/mol. The zero-order valence-corrected chi connectivity index (χ0v) is 13.4. The molecule has 2 N–H and O–H groups in total. The number of carbonyl (C=O) groups excluding carboxylic acids is 2. The molecule has 1 aromatic carbocycles. The third-order valence-electron chi connectivity index (χ3n) is 4.49. The number of allylic oxidation sites excluding steroid dienone is 3. The lowest BCUT2D eigenvalue weighted by Crippen LogP contribution is -2.52. The van der Waals surface area contributed by atoms with Gasteiger partial charge in [0.15, 0.2) is 0 Å². The van der Waals surface area contributed by atoms with E-state index < -0.39 is 11.9 Å². The first-order valence-corrected chi connectivity index (χ1v) is 8.08. The molecule has 1 unspecified atom stereocenters. The average Bonchev–Trinajstić information content (AvgIpc) is 3.17. The van der Waals surface area contributed by atoms with Crippen LogP contribution in [0.25, 0.3) is 0 Å². The molecule has 6 nitrogen and oxygen atoms in total. The van der Waals surface area contributed by atoms with Crippen LogP contribution in [0.4, 0.5) is 0 Å². The number of nitrogens with one attached hydrogen (secondary N) is 1. The van der Waals surface area contributed by atoms with E-state index in [1.54, 1.807) is 5.48 Å². The van der Waals surface area contributed by atoms with Crippen LogP contribution in [0.2, 0.25) is 0 Å². The standard InChI is InChI=1S/C18H21N3O3/c22-17(19-24)16(14-6-2-1-3-7-14)20-10-12-21(13-11-20)18(23)15-8-4-5-9-15/h1-8,16,24H,9-13H2,(H,19,22). The summed E-state index contributed by atoms with van der Waals surface area (Å²) in [4.78, 5) is 28.4. The van der Waals surface area contributed by atoms with Gasteiger partial charge in [0.2, 0.25) is 5.91 Å². The number of carbonyl (C=O) groups is 2. The Balaban J connectivity index is 1.67. The number of hydrogen-bond acceptors (Lipinski definition) is 4. The third-order valence-corrected chi connectivity index (χ3v) is 4.49. The topological polar surface area (TPSA) is 72.9 Å². The Kier molecular flexibility index (Phi) is 5.08. The van der Waals surface area contributed by atoms with E-state index in [0.717, 1.165) is 11.1 Å². The van der Waals surface area contributed by atoms with Gasteiger partial charge in [0.25, 0.3) is 5.91 Å². The predicted octanol–water partition coefficient (Wildman–Crippen LogP) is 1.26. The Morgan fingerprint density at radius 3 is 2.38 bits per heavy atom.